The molecule has 8 nitrogen and oxygen atoms in total. The summed E-state index contributed by atoms with van der Waals surface area (Å²) in [6, 6.07) is 24.2. The van der Waals surface area contributed by atoms with E-state index in [9.17, 15) is 8.42 Å². The normalized spacial score (nSPS) is 17.5. The molecule has 1 aliphatic rings. The van der Waals surface area contributed by atoms with Crippen LogP contribution in [0.1, 0.15) is 43.0 Å². The van der Waals surface area contributed by atoms with Crippen LogP contribution in [0.2, 0.25) is 0 Å². The van der Waals surface area contributed by atoms with Crippen molar-refractivity contribution < 1.29 is 17.3 Å². The van der Waals surface area contributed by atoms with Crippen LogP contribution in [-0.4, -0.2) is 29.4 Å². The SMILES string of the molecule is Cc1ccc(S(=O)(=O)OCC2CCC(c3nc(-c4ccc(Oc5ccccc5)cc4)c4c(N)nccn34)CC2)cc1. The van der Waals surface area contributed by atoms with Crippen molar-refractivity contribution in [2.75, 3.05) is 12.3 Å². The Morgan fingerprint density at radius 1 is 0.902 bits per heavy atom. The zero-order chi connectivity index (χ0) is 28.4. The number of hydrogen-bond acceptors (Lipinski definition) is 7. The first-order chi connectivity index (χ1) is 19.9. The predicted octanol–water partition coefficient (Wildman–Crippen LogP) is 6.76. The minimum Gasteiger partial charge on any atom is -0.457 e. The standard InChI is InChI=1S/C32H32N4O4S/c1-22-7-17-28(18-8-22)41(37,38)39-21-23-9-11-25(12-10-23)32-35-29(30-31(33)34-19-20-36(30)32)24-13-15-27(16-14-24)40-26-5-3-2-4-6-26/h2-8,13-20,23,25H,9-12,21H2,1H3,(H2,33,34). The Balaban J connectivity index is 1.17. The van der Waals surface area contributed by atoms with Crippen molar-refractivity contribution in [3.63, 3.8) is 0 Å². The Labute approximate surface area is 239 Å². The topological polar surface area (TPSA) is 109 Å². The molecule has 41 heavy (non-hydrogen) atoms. The van der Waals surface area contributed by atoms with Gasteiger partial charge in [-0.15, -0.1) is 0 Å². The number of benzene rings is 3. The molecule has 0 spiro atoms. The molecule has 0 aliphatic heterocycles. The Bertz CT molecular complexity index is 1740. The lowest BCUT2D eigenvalue weighted by Gasteiger charge is -2.27. The van der Waals surface area contributed by atoms with Gasteiger partial charge in [0.2, 0.25) is 0 Å². The summed E-state index contributed by atoms with van der Waals surface area (Å²) in [4.78, 5) is 9.62. The maximum Gasteiger partial charge on any atom is 0.296 e. The van der Waals surface area contributed by atoms with Gasteiger partial charge in [-0.3, -0.25) is 8.58 Å². The number of imidazole rings is 1. The maximum absolute atomic E-state index is 12.6. The van der Waals surface area contributed by atoms with Gasteiger partial charge in [0.1, 0.15) is 34.4 Å². The molecule has 2 N–H and O–H groups in total. The van der Waals surface area contributed by atoms with Gasteiger partial charge >= 0.3 is 0 Å². The average Bonchev–Trinajstić information content (AvgIpc) is 3.39. The summed E-state index contributed by atoms with van der Waals surface area (Å²) in [5.74, 6) is 3.26. The number of rotatable bonds is 8. The molecule has 5 aromatic rings. The number of nitrogen functional groups attached to an aromatic ring is 1. The first kappa shape index (κ1) is 27.0. The average molecular weight is 569 g/mol. The van der Waals surface area contributed by atoms with E-state index in [1.165, 1.54) is 0 Å². The number of anilines is 1. The number of aryl methyl sites for hydroxylation is 1. The van der Waals surface area contributed by atoms with E-state index >= 15 is 0 Å². The van der Waals surface area contributed by atoms with Crippen LogP contribution in [0.25, 0.3) is 16.8 Å². The second-order valence-electron chi connectivity index (χ2n) is 10.6. The van der Waals surface area contributed by atoms with E-state index in [0.717, 1.165) is 65.3 Å². The summed E-state index contributed by atoms with van der Waals surface area (Å²) in [5.41, 5.74) is 9.86. The first-order valence-electron chi connectivity index (χ1n) is 13.8. The third-order valence-electron chi connectivity index (χ3n) is 7.70. The van der Waals surface area contributed by atoms with Gasteiger partial charge in [0.15, 0.2) is 0 Å². The molecule has 0 radical (unpaired) electrons. The molecule has 9 heteroatoms. The molecule has 6 rings (SSSR count). The van der Waals surface area contributed by atoms with E-state index in [2.05, 4.69) is 9.38 Å². The van der Waals surface area contributed by atoms with Gasteiger partial charge in [-0.25, -0.2) is 9.97 Å². The Hall–Kier alpha value is -4.21. The summed E-state index contributed by atoms with van der Waals surface area (Å²) in [7, 11) is -3.77. The molecule has 3 aromatic carbocycles. The molecule has 1 saturated carbocycles. The lowest BCUT2D eigenvalue weighted by molar-refractivity contribution is 0.203. The highest BCUT2D eigenvalue weighted by molar-refractivity contribution is 7.86. The van der Waals surface area contributed by atoms with Gasteiger partial charge in [-0.05, 0) is 87.1 Å². The lowest BCUT2D eigenvalue weighted by atomic mass is 9.82. The molecule has 2 aromatic heterocycles. The van der Waals surface area contributed by atoms with Crippen molar-refractivity contribution in [1.29, 1.82) is 0 Å². The van der Waals surface area contributed by atoms with E-state index in [0.29, 0.717) is 5.82 Å². The molecule has 0 bridgehead atoms. The number of ether oxygens (including phenoxy) is 1. The number of aromatic nitrogens is 3. The molecular weight excluding hydrogens is 536 g/mol. The van der Waals surface area contributed by atoms with Crippen LogP contribution in [0.5, 0.6) is 11.5 Å². The van der Waals surface area contributed by atoms with Crippen LogP contribution in [0.15, 0.2) is 96.2 Å². The van der Waals surface area contributed by atoms with E-state index in [-0.39, 0.29) is 23.3 Å². The van der Waals surface area contributed by atoms with Gasteiger partial charge in [-0.1, -0.05) is 35.9 Å². The summed E-state index contributed by atoms with van der Waals surface area (Å²) in [6.45, 7) is 2.11. The number of para-hydroxylation sites is 1. The summed E-state index contributed by atoms with van der Waals surface area (Å²) in [6.07, 6.45) is 7.07. The number of nitrogens with zero attached hydrogens (tertiary/aromatic N) is 3. The highest BCUT2D eigenvalue weighted by Gasteiger charge is 2.29. The van der Waals surface area contributed by atoms with Crippen molar-refractivity contribution in [1.82, 2.24) is 14.4 Å². The molecule has 0 amide bonds. The molecule has 1 aliphatic carbocycles. The predicted molar refractivity (Wildman–Crippen MR) is 158 cm³/mol. The molecule has 0 saturated heterocycles. The summed E-state index contributed by atoms with van der Waals surface area (Å²) >= 11 is 0. The number of hydrogen-bond donors (Lipinski definition) is 1. The van der Waals surface area contributed by atoms with Crippen molar-refractivity contribution in [3.05, 3.63) is 103 Å². The fraction of sp³-hybridized carbons (Fsp3) is 0.250. The van der Waals surface area contributed by atoms with Crippen LogP contribution in [0, 0.1) is 12.8 Å². The van der Waals surface area contributed by atoms with E-state index in [4.69, 9.17) is 19.6 Å². The smallest absolute Gasteiger partial charge is 0.296 e. The van der Waals surface area contributed by atoms with E-state index < -0.39 is 10.1 Å². The van der Waals surface area contributed by atoms with E-state index in [1.54, 1.807) is 30.5 Å². The van der Waals surface area contributed by atoms with Crippen LogP contribution in [0.4, 0.5) is 5.82 Å². The largest absolute Gasteiger partial charge is 0.457 e. The second-order valence-corrected chi connectivity index (χ2v) is 12.2. The Kier molecular flexibility index (Phi) is 7.47. The van der Waals surface area contributed by atoms with E-state index in [1.807, 2.05) is 67.7 Å². The zero-order valence-corrected chi connectivity index (χ0v) is 23.6. The molecule has 1 fully saturated rings. The lowest BCUT2D eigenvalue weighted by Crippen LogP contribution is -2.21. The highest BCUT2D eigenvalue weighted by atomic mass is 32.2. The van der Waals surface area contributed by atoms with Crippen molar-refractivity contribution >= 4 is 21.5 Å². The minimum atomic E-state index is -3.77. The minimum absolute atomic E-state index is 0.168. The Morgan fingerprint density at radius 3 is 2.29 bits per heavy atom. The van der Waals surface area contributed by atoms with Crippen molar-refractivity contribution in [2.45, 2.75) is 43.4 Å². The van der Waals surface area contributed by atoms with Gasteiger partial charge in [0.05, 0.1) is 11.5 Å². The molecule has 0 unspecified atom stereocenters. The zero-order valence-electron chi connectivity index (χ0n) is 22.8. The monoisotopic (exact) mass is 568 g/mol. The third-order valence-corrected chi connectivity index (χ3v) is 8.99. The fourth-order valence-electron chi connectivity index (χ4n) is 5.43. The van der Waals surface area contributed by atoms with Gasteiger partial charge < -0.3 is 10.5 Å². The summed E-state index contributed by atoms with van der Waals surface area (Å²) < 4.78 is 38.7. The third kappa shape index (κ3) is 5.82. The van der Waals surface area contributed by atoms with Gasteiger partial charge in [0.25, 0.3) is 10.1 Å². The van der Waals surface area contributed by atoms with Crippen LogP contribution < -0.4 is 10.5 Å². The first-order valence-corrected chi connectivity index (χ1v) is 15.2. The summed E-state index contributed by atoms with van der Waals surface area (Å²) in [5, 5.41) is 0. The molecule has 210 valence electrons. The Morgan fingerprint density at radius 2 is 1.59 bits per heavy atom. The quantitative estimate of drug-likeness (QED) is 0.206. The number of nitrogens with two attached hydrogens (primary N) is 1. The molecule has 0 atom stereocenters. The van der Waals surface area contributed by atoms with Crippen LogP contribution >= 0.6 is 0 Å². The molecular formula is C32H32N4O4S. The fourth-order valence-corrected chi connectivity index (χ4v) is 6.40. The van der Waals surface area contributed by atoms with Gasteiger partial charge in [0, 0.05) is 23.9 Å². The second kappa shape index (κ2) is 11.3. The number of fused-ring (bicyclic) bond motifs is 1. The van der Waals surface area contributed by atoms with Crippen LogP contribution in [0.3, 0.4) is 0 Å². The van der Waals surface area contributed by atoms with Crippen molar-refractivity contribution in [3.8, 4) is 22.8 Å². The van der Waals surface area contributed by atoms with Gasteiger partial charge in [-0.2, -0.15) is 8.42 Å². The maximum atomic E-state index is 12.6. The highest BCUT2D eigenvalue weighted by Crippen LogP contribution is 2.39. The van der Waals surface area contributed by atoms with Crippen molar-refractivity contribution in [2.24, 2.45) is 5.92 Å². The van der Waals surface area contributed by atoms with Crippen LogP contribution in [-0.2, 0) is 14.3 Å². The molecule has 2 heterocycles.